The van der Waals surface area contributed by atoms with Crippen LogP contribution in [0.25, 0.3) is 6.08 Å². The number of ether oxygens (including phenoxy) is 2. The van der Waals surface area contributed by atoms with Gasteiger partial charge >= 0.3 is 0 Å². The van der Waals surface area contributed by atoms with Gasteiger partial charge in [-0.1, -0.05) is 24.3 Å². The van der Waals surface area contributed by atoms with Gasteiger partial charge in [0.25, 0.3) is 11.8 Å². The molecule has 170 valence electrons. The number of nitrogens with one attached hydrogen (secondary N) is 2. The van der Waals surface area contributed by atoms with Crippen LogP contribution in [-0.2, 0) is 4.79 Å². The number of carbonyl (C=O) groups is 2. The fourth-order valence-corrected chi connectivity index (χ4v) is 4.44. The number of benzene rings is 2. The van der Waals surface area contributed by atoms with Gasteiger partial charge < -0.3 is 20.1 Å². The first-order valence-electron chi connectivity index (χ1n) is 10.6. The molecule has 7 heteroatoms. The van der Waals surface area contributed by atoms with Crippen molar-refractivity contribution in [1.82, 2.24) is 10.6 Å². The van der Waals surface area contributed by atoms with Crippen LogP contribution in [-0.4, -0.2) is 24.5 Å². The van der Waals surface area contributed by atoms with Gasteiger partial charge in [-0.25, -0.2) is 0 Å². The van der Waals surface area contributed by atoms with Gasteiger partial charge in [-0.05, 0) is 55.6 Å². The summed E-state index contributed by atoms with van der Waals surface area (Å²) in [4.78, 5) is 27.0. The Balaban J connectivity index is 1.61. The standard InChI is InChI=1S/C26H26N2O4S/c1-26(2)16-22(20-12-11-18(31-3)14-23(20)32-26)28-25(30)21(15-19-10-7-13-33-19)27-24(29)17-8-5-4-6-9-17/h4-15,22H,16H2,1-3H3,(H,27,29)(H,28,30)/b21-15-/t22-/m0/s1. The Morgan fingerprint density at radius 2 is 1.91 bits per heavy atom. The first-order valence-corrected chi connectivity index (χ1v) is 11.5. The monoisotopic (exact) mass is 462 g/mol. The lowest BCUT2D eigenvalue weighted by Crippen LogP contribution is -2.43. The largest absolute Gasteiger partial charge is 0.497 e. The van der Waals surface area contributed by atoms with Gasteiger partial charge in [0, 0.05) is 28.5 Å². The van der Waals surface area contributed by atoms with Crippen molar-refractivity contribution >= 4 is 29.2 Å². The van der Waals surface area contributed by atoms with Crippen molar-refractivity contribution in [3.05, 3.63) is 87.7 Å². The average molecular weight is 463 g/mol. The molecule has 1 aromatic heterocycles. The molecule has 0 saturated heterocycles. The molecule has 33 heavy (non-hydrogen) atoms. The molecule has 2 heterocycles. The van der Waals surface area contributed by atoms with Crippen molar-refractivity contribution in [2.45, 2.75) is 31.9 Å². The molecule has 0 spiro atoms. The average Bonchev–Trinajstić information content (AvgIpc) is 3.31. The second-order valence-electron chi connectivity index (χ2n) is 8.39. The summed E-state index contributed by atoms with van der Waals surface area (Å²) in [6.45, 7) is 3.96. The van der Waals surface area contributed by atoms with Crippen LogP contribution in [0.3, 0.4) is 0 Å². The number of hydrogen-bond donors (Lipinski definition) is 2. The predicted octanol–water partition coefficient (Wildman–Crippen LogP) is 4.95. The highest BCUT2D eigenvalue weighted by atomic mass is 32.1. The van der Waals surface area contributed by atoms with Gasteiger partial charge in [0.1, 0.15) is 22.8 Å². The summed E-state index contributed by atoms with van der Waals surface area (Å²) in [5.74, 6) is 0.654. The number of thiophene rings is 1. The van der Waals surface area contributed by atoms with E-state index in [4.69, 9.17) is 9.47 Å². The molecule has 2 N–H and O–H groups in total. The second-order valence-corrected chi connectivity index (χ2v) is 9.37. The van der Waals surface area contributed by atoms with E-state index >= 15 is 0 Å². The third kappa shape index (κ3) is 5.43. The lowest BCUT2D eigenvalue weighted by molar-refractivity contribution is -0.119. The molecule has 0 aliphatic carbocycles. The van der Waals surface area contributed by atoms with Crippen LogP contribution in [0.5, 0.6) is 11.5 Å². The van der Waals surface area contributed by atoms with Gasteiger partial charge in [-0.15, -0.1) is 11.3 Å². The van der Waals surface area contributed by atoms with E-state index in [9.17, 15) is 9.59 Å². The van der Waals surface area contributed by atoms with Crippen LogP contribution < -0.4 is 20.1 Å². The maximum absolute atomic E-state index is 13.4. The SMILES string of the molecule is COc1ccc2c(c1)OC(C)(C)C[C@@H]2NC(=O)/C(=C/c1cccs1)NC(=O)c1ccccc1. The number of methoxy groups -OCH3 is 1. The van der Waals surface area contributed by atoms with Crippen LogP contribution in [0, 0.1) is 0 Å². The van der Waals surface area contributed by atoms with Crippen LogP contribution in [0.4, 0.5) is 0 Å². The lowest BCUT2D eigenvalue weighted by Gasteiger charge is -2.38. The summed E-state index contributed by atoms with van der Waals surface area (Å²) in [5, 5.41) is 7.81. The van der Waals surface area contributed by atoms with E-state index in [0.717, 1.165) is 10.4 Å². The third-order valence-electron chi connectivity index (χ3n) is 5.34. The zero-order valence-electron chi connectivity index (χ0n) is 18.8. The molecule has 1 aliphatic rings. The van der Waals surface area contributed by atoms with Gasteiger partial charge in [0.2, 0.25) is 0 Å². The smallest absolute Gasteiger partial charge is 0.268 e. The fraction of sp³-hybridized carbons (Fsp3) is 0.231. The summed E-state index contributed by atoms with van der Waals surface area (Å²) in [6, 6.07) is 17.9. The normalized spacial score (nSPS) is 16.8. The molecule has 6 nitrogen and oxygen atoms in total. The van der Waals surface area contributed by atoms with Crippen molar-refractivity contribution in [2.24, 2.45) is 0 Å². The number of hydrogen-bond acceptors (Lipinski definition) is 5. The van der Waals surface area contributed by atoms with Crippen LogP contribution in [0.1, 0.15) is 47.1 Å². The molecule has 0 fully saturated rings. The molecular formula is C26H26N2O4S. The highest BCUT2D eigenvalue weighted by molar-refractivity contribution is 7.10. The molecule has 4 rings (SSSR count). The summed E-state index contributed by atoms with van der Waals surface area (Å²) in [6.07, 6.45) is 2.28. The van der Waals surface area contributed by atoms with E-state index in [-0.39, 0.29) is 23.6 Å². The predicted molar refractivity (Wildman–Crippen MR) is 129 cm³/mol. The topological polar surface area (TPSA) is 76.7 Å². The van der Waals surface area contributed by atoms with E-state index in [1.165, 1.54) is 11.3 Å². The number of fused-ring (bicyclic) bond motifs is 1. The van der Waals surface area contributed by atoms with Crippen molar-refractivity contribution in [3.8, 4) is 11.5 Å². The van der Waals surface area contributed by atoms with E-state index in [1.807, 2.05) is 55.6 Å². The number of carbonyl (C=O) groups excluding carboxylic acids is 2. The molecule has 0 saturated carbocycles. The zero-order valence-corrected chi connectivity index (χ0v) is 19.6. The number of rotatable bonds is 6. The van der Waals surface area contributed by atoms with Crippen molar-refractivity contribution in [1.29, 1.82) is 0 Å². The van der Waals surface area contributed by atoms with Gasteiger partial charge in [-0.3, -0.25) is 9.59 Å². The summed E-state index contributed by atoms with van der Waals surface area (Å²) >= 11 is 1.49. The maximum Gasteiger partial charge on any atom is 0.268 e. The molecule has 2 amide bonds. The minimum atomic E-state index is -0.484. The summed E-state index contributed by atoms with van der Waals surface area (Å²) in [5.41, 5.74) is 1.05. The van der Waals surface area contributed by atoms with E-state index in [2.05, 4.69) is 10.6 Å². The van der Waals surface area contributed by atoms with Crippen molar-refractivity contribution in [3.63, 3.8) is 0 Å². The van der Waals surface area contributed by atoms with Crippen molar-refractivity contribution < 1.29 is 19.1 Å². The Hall–Kier alpha value is -3.58. The maximum atomic E-state index is 13.4. The fourth-order valence-electron chi connectivity index (χ4n) is 3.78. The van der Waals surface area contributed by atoms with E-state index in [0.29, 0.717) is 23.5 Å². The van der Waals surface area contributed by atoms with Crippen LogP contribution >= 0.6 is 11.3 Å². The Bertz CT molecular complexity index is 1170. The Kier molecular flexibility index (Phi) is 6.51. The van der Waals surface area contributed by atoms with Crippen LogP contribution in [0.2, 0.25) is 0 Å². The van der Waals surface area contributed by atoms with Gasteiger partial charge in [0.05, 0.1) is 13.2 Å². The molecule has 1 aliphatic heterocycles. The molecule has 2 aromatic carbocycles. The van der Waals surface area contributed by atoms with Gasteiger partial charge in [0.15, 0.2) is 0 Å². The molecule has 3 aromatic rings. The minimum Gasteiger partial charge on any atom is -0.497 e. The van der Waals surface area contributed by atoms with E-state index in [1.54, 1.807) is 37.5 Å². The molecule has 0 radical (unpaired) electrons. The molecule has 1 atom stereocenters. The summed E-state index contributed by atoms with van der Waals surface area (Å²) < 4.78 is 11.5. The summed E-state index contributed by atoms with van der Waals surface area (Å²) in [7, 11) is 1.60. The molecular weight excluding hydrogens is 436 g/mol. The quantitative estimate of drug-likeness (QED) is 0.509. The highest BCUT2D eigenvalue weighted by Crippen LogP contribution is 2.41. The Labute approximate surface area is 197 Å². The lowest BCUT2D eigenvalue weighted by atomic mass is 9.89. The molecule has 0 bridgehead atoms. The Morgan fingerprint density at radius 3 is 2.61 bits per heavy atom. The van der Waals surface area contributed by atoms with Crippen LogP contribution in [0.15, 0.2) is 71.7 Å². The number of amides is 2. The Morgan fingerprint density at radius 1 is 1.12 bits per heavy atom. The zero-order chi connectivity index (χ0) is 23.4. The van der Waals surface area contributed by atoms with Crippen molar-refractivity contribution in [2.75, 3.05) is 7.11 Å². The first kappa shape index (κ1) is 22.6. The third-order valence-corrected chi connectivity index (χ3v) is 6.16. The van der Waals surface area contributed by atoms with E-state index < -0.39 is 5.60 Å². The highest BCUT2D eigenvalue weighted by Gasteiger charge is 2.35. The molecule has 0 unspecified atom stereocenters. The van der Waals surface area contributed by atoms with Gasteiger partial charge in [-0.2, -0.15) is 0 Å². The minimum absolute atomic E-state index is 0.186. The second kappa shape index (κ2) is 9.50. The first-order chi connectivity index (χ1) is 15.8.